The molecule has 2 nitrogen and oxygen atoms in total. The van der Waals surface area contributed by atoms with Crippen LogP contribution >= 0.6 is 71.0 Å². The lowest BCUT2D eigenvalue weighted by Crippen LogP contribution is -2.07. The SMILES string of the molecule is FC(F)(F)c1cc(Cl)c(-n2cc(C3CC3(Br)Br)c(Br)n2)c(Cl)c1. The molecule has 23 heavy (non-hydrogen) atoms. The molecule has 1 fully saturated rings. The maximum absolute atomic E-state index is 12.8. The standard InChI is InChI=1S/C13H6Br3Cl2F3N2/c14-11-6(7-3-12(7,15)16)4-23(22-11)10-8(17)1-5(2-9(10)18)13(19,20)21/h1-2,4,7H,3H2. The highest BCUT2D eigenvalue weighted by atomic mass is 79.9. The summed E-state index contributed by atoms with van der Waals surface area (Å²) in [7, 11) is 0. The van der Waals surface area contributed by atoms with E-state index in [1.165, 1.54) is 4.68 Å². The molecule has 0 bridgehead atoms. The quantitative estimate of drug-likeness (QED) is 0.366. The van der Waals surface area contributed by atoms with Crippen LogP contribution in [0.4, 0.5) is 13.2 Å². The zero-order valence-corrected chi connectivity index (χ0v) is 17.2. The second-order valence-electron chi connectivity index (χ2n) is 5.12. The summed E-state index contributed by atoms with van der Waals surface area (Å²) in [6.45, 7) is 0. The van der Waals surface area contributed by atoms with Crippen molar-refractivity contribution in [2.45, 2.75) is 21.7 Å². The van der Waals surface area contributed by atoms with E-state index in [-0.39, 0.29) is 24.9 Å². The fourth-order valence-corrected chi connectivity index (χ4v) is 4.56. The zero-order valence-electron chi connectivity index (χ0n) is 10.9. The fourth-order valence-electron chi connectivity index (χ4n) is 2.21. The Morgan fingerprint density at radius 2 is 1.74 bits per heavy atom. The van der Waals surface area contributed by atoms with Crippen LogP contribution in [0.5, 0.6) is 0 Å². The third-order valence-electron chi connectivity index (χ3n) is 3.47. The van der Waals surface area contributed by atoms with Gasteiger partial charge in [-0.25, -0.2) is 4.68 Å². The van der Waals surface area contributed by atoms with Gasteiger partial charge in [-0.2, -0.15) is 18.3 Å². The second-order valence-corrected chi connectivity index (χ2v) is 10.6. The molecule has 1 unspecified atom stereocenters. The van der Waals surface area contributed by atoms with Crippen molar-refractivity contribution in [3.05, 3.63) is 44.1 Å². The molecule has 0 radical (unpaired) electrons. The molecule has 124 valence electrons. The first-order valence-corrected chi connectivity index (χ1v) is 9.33. The Balaban J connectivity index is 2.05. The predicted molar refractivity (Wildman–Crippen MR) is 94.2 cm³/mol. The first-order chi connectivity index (χ1) is 10.5. The van der Waals surface area contributed by atoms with Crippen LogP contribution in [0.2, 0.25) is 10.0 Å². The van der Waals surface area contributed by atoms with E-state index in [9.17, 15) is 13.2 Å². The van der Waals surface area contributed by atoms with Crippen molar-refractivity contribution in [3.8, 4) is 5.69 Å². The largest absolute Gasteiger partial charge is 0.416 e. The Morgan fingerprint density at radius 1 is 1.22 bits per heavy atom. The van der Waals surface area contributed by atoms with Gasteiger partial charge < -0.3 is 0 Å². The number of aromatic nitrogens is 2. The van der Waals surface area contributed by atoms with E-state index in [4.69, 9.17) is 23.2 Å². The number of alkyl halides is 5. The number of halogens is 8. The summed E-state index contributed by atoms with van der Waals surface area (Å²) in [6.07, 6.45) is -1.94. The maximum atomic E-state index is 12.8. The Labute approximate surface area is 164 Å². The van der Waals surface area contributed by atoms with E-state index >= 15 is 0 Å². The third-order valence-corrected chi connectivity index (χ3v) is 6.42. The Hall–Kier alpha value is 0.240. The van der Waals surface area contributed by atoms with Gasteiger partial charge in [-0.05, 0) is 34.5 Å². The minimum Gasteiger partial charge on any atom is -0.237 e. The van der Waals surface area contributed by atoms with E-state index in [0.717, 1.165) is 24.1 Å². The third kappa shape index (κ3) is 3.47. The summed E-state index contributed by atoms with van der Waals surface area (Å²) in [6, 6.07) is 1.68. The molecule has 1 atom stereocenters. The smallest absolute Gasteiger partial charge is 0.237 e. The Morgan fingerprint density at radius 3 is 2.17 bits per heavy atom. The monoisotopic (exact) mass is 554 g/mol. The molecule has 0 aliphatic heterocycles. The van der Waals surface area contributed by atoms with Crippen molar-refractivity contribution < 1.29 is 13.2 Å². The molecule has 1 heterocycles. The highest BCUT2D eigenvalue weighted by Crippen LogP contribution is 2.63. The van der Waals surface area contributed by atoms with Gasteiger partial charge in [0.2, 0.25) is 0 Å². The Kier molecular flexibility index (Phi) is 4.63. The van der Waals surface area contributed by atoms with Gasteiger partial charge >= 0.3 is 6.18 Å². The van der Waals surface area contributed by atoms with Crippen molar-refractivity contribution >= 4 is 71.0 Å². The molecule has 2 aromatic rings. The molecule has 1 aromatic carbocycles. The molecule has 1 aliphatic rings. The van der Waals surface area contributed by atoms with Gasteiger partial charge in [0.05, 0.1) is 18.8 Å². The molecule has 1 aliphatic carbocycles. The van der Waals surface area contributed by atoms with Crippen LogP contribution in [-0.2, 0) is 6.18 Å². The van der Waals surface area contributed by atoms with Crippen LogP contribution in [-0.4, -0.2) is 13.0 Å². The van der Waals surface area contributed by atoms with Gasteiger partial charge in [0.25, 0.3) is 0 Å². The molecule has 10 heteroatoms. The van der Waals surface area contributed by atoms with Crippen LogP contribution in [0.15, 0.2) is 22.9 Å². The van der Waals surface area contributed by atoms with E-state index in [1.807, 2.05) is 0 Å². The topological polar surface area (TPSA) is 17.8 Å². The van der Waals surface area contributed by atoms with Crippen molar-refractivity contribution in [1.29, 1.82) is 0 Å². The number of hydrogen-bond acceptors (Lipinski definition) is 1. The maximum Gasteiger partial charge on any atom is 0.416 e. The zero-order chi connectivity index (χ0) is 17.2. The molecule has 1 saturated carbocycles. The highest BCUT2D eigenvalue weighted by molar-refractivity contribution is 9.25. The summed E-state index contributed by atoms with van der Waals surface area (Å²) >= 11 is 22.4. The van der Waals surface area contributed by atoms with Gasteiger partial charge in [-0.1, -0.05) is 55.1 Å². The number of benzene rings is 1. The molecule has 0 N–H and O–H groups in total. The minimum absolute atomic E-state index is 0.119. The lowest BCUT2D eigenvalue weighted by atomic mass is 10.2. The minimum atomic E-state index is -4.51. The second kappa shape index (κ2) is 5.90. The molecule has 0 spiro atoms. The van der Waals surface area contributed by atoms with Crippen LogP contribution < -0.4 is 0 Å². The van der Waals surface area contributed by atoms with Gasteiger partial charge in [-0.3, -0.25) is 0 Å². The van der Waals surface area contributed by atoms with Crippen molar-refractivity contribution in [2.24, 2.45) is 0 Å². The molecule has 0 saturated heterocycles. The van der Waals surface area contributed by atoms with E-state index in [0.29, 0.717) is 4.60 Å². The number of rotatable bonds is 2. The predicted octanol–water partition coefficient (Wildman–Crippen LogP) is 6.93. The average Bonchev–Trinajstić information content (AvgIpc) is 2.85. The van der Waals surface area contributed by atoms with Gasteiger partial charge in [-0.15, -0.1) is 0 Å². The summed E-state index contributed by atoms with van der Waals surface area (Å²) in [5.74, 6) is 0.192. The molecule has 0 amide bonds. The van der Waals surface area contributed by atoms with Crippen LogP contribution in [0.25, 0.3) is 5.69 Å². The van der Waals surface area contributed by atoms with Gasteiger partial charge in [0.1, 0.15) is 10.3 Å². The first-order valence-electron chi connectivity index (χ1n) is 6.20. The van der Waals surface area contributed by atoms with Crippen molar-refractivity contribution in [3.63, 3.8) is 0 Å². The summed E-state index contributed by atoms with van der Waals surface area (Å²) < 4.78 is 40.2. The highest BCUT2D eigenvalue weighted by Gasteiger charge is 2.52. The van der Waals surface area contributed by atoms with Crippen LogP contribution in [0.3, 0.4) is 0 Å². The van der Waals surface area contributed by atoms with Crippen LogP contribution in [0.1, 0.15) is 23.5 Å². The Bertz CT molecular complexity index is 766. The average molecular weight is 558 g/mol. The molecule has 1 aromatic heterocycles. The first kappa shape index (κ1) is 18.0. The summed E-state index contributed by atoms with van der Waals surface area (Å²) in [4.78, 5) is 0. The molecular formula is C13H6Br3Cl2F3N2. The van der Waals surface area contributed by atoms with Crippen molar-refractivity contribution in [2.75, 3.05) is 0 Å². The van der Waals surface area contributed by atoms with Gasteiger partial charge in [0, 0.05) is 17.7 Å². The normalized spacial score (nSPS) is 19.9. The molecular weight excluding hydrogens is 552 g/mol. The van der Waals surface area contributed by atoms with E-state index in [1.54, 1.807) is 6.20 Å². The van der Waals surface area contributed by atoms with E-state index in [2.05, 4.69) is 52.9 Å². The fraction of sp³-hybridized carbons (Fsp3) is 0.308. The van der Waals surface area contributed by atoms with E-state index < -0.39 is 11.7 Å². The molecule has 3 rings (SSSR count). The number of nitrogens with zero attached hydrogens (tertiary/aromatic N) is 2. The van der Waals surface area contributed by atoms with Crippen molar-refractivity contribution in [1.82, 2.24) is 9.78 Å². The summed E-state index contributed by atoms with van der Waals surface area (Å²) in [5, 5.41) is 4.02. The number of hydrogen-bond donors (Lipinski definition) is 0. The lowest BCUT2D eigenvalue weighted by Gasteiger charge is -2.12. The van der Waals surface area contributed by atoms with Crippen LogP contribution in [0, 0.1) is 0 Å². The van der Waals surface area contributed by atoms with Gasteiger partial charge in [0.15, 0.2) is 0 Å². The summed E-state index contributed by atoms with van der Waals surface area (Å²) in [5.41, 5.74) is 0.222. The lowest BCUT2D eigenvalue weighted by molar-refractivity contribution is -0.137.